The van der Waals surface area contributed by atoms with E-state index in [1.54, 1.807) is 0 Å². The van der Waals surface area contributed by atoms with Gasteiger partial charge < -0.3 is 15.4 Å². The van der Waals surface area contributed by atoms with Crippen LogP contribution in [0.25, 0.3) is 0 Å². The minimum atomic E-state index is 0.378. The Labute approximate surface area is 55.8 Å². The predicted molar refractivity (Wildman–Crippen MR) is 36.5 cm³/mol. The van der Waals surface area contributed by atoms with Crippen LogP contribution in [-0.4, -0.2) is 39.4 Å². The molecule has 1 aliphatic heterocycles. The molecular formula is C6H14N2O. The third kappa shape index (κ3) is 2.30. The molecule has 0 aromatic rings. The first-order chi connectivity index (χ1) is 4.43. The molecule has 0 aromatic carbocycles. The molecule has 1 rings (SSSR count). The molecule has 9 heavy (non-hydrogen) atoms. The summed E-state index contributed by atoms with van der Waals surface area (Å²) in [6, 6.07) is 0. The maximum Gasteiger partial charge on any atom is 0.0824 e. The van der Waals surface area contributed by atoms with Gasteiger partial charge in [-0.1, -0.05) is 0 Å². The summed E-state index contributed by atoms with van der Waals surface area (Å²) in [4.78, 5) is 0. The van der Waals surface area contributed by atoms with Gasteiger partial charge in [-0.25, -0.2) is 0 Å². The molecule has 1 aliphatic rings. The summed E-state index contributed by atoms with van der Waals surface area (Å²) in [5.74, 6) is 0. The topological polar surface area (TPSA) is 33.3 Å². The van der Waals surface area contributed by atoms with Crippen molar-refractivity contribution in [1.29, 1.82) is 0 Å². The fourth-order valence-electron chi connectivity index (χ4n) is 0.979. The van der Waals surface area contributed by atoms with Gasteiger partial charge >= 0.3 is 0 Å². The zero-order valence-corrected chi connectivity index (χ0v) is 5.81. The van der Waals surface area contributed by atoms with E-state index < -0.39 is 0 Å². The standard InChI is InChI=1S/C6H14N2O/c1-7-4-6-5-8-2-3-9-6/h6-8H,2-5H2,1H3/t6-/m0/s1. The van der Waals surface area contributed by atoms with E-state index in [0.717, 1.165) is 26.2 Å². The average Bonchev–Trinajstić information content (AvgIpc) is 1.91. The normalized spacial score (nSPS) is 28.3. The SMILES string of the molecule is CNC[C@H]1CNCCO1. The van der Waals surface area contributed by atoms with E-state index in [1.807, 2.05) is 7.05 Å². The van der Waals surface area contributed by atoms with Gasteiger partial charge in [0.05, 0.1) is 12.7 Å². The van der Waals surface area contributed by atoms with E-state index in [-0.39, 0.29) is 0 Å². The van der Waals surface area contributed by atoms with E-state index >= 15 is 0 Å². The summed E-state index contributed by atoms with van der Waals surface area (Å²) >= 11 is 0. The van der Waals surface area contributed by atoms with Crippen molar-refractivity contribution in [2.45, 2.75) is 6.10 Å². The Morgan fingerprint density at radius 1 is 1.78 bits per heavy atom. The van der Waals surface area contributed by atoms with Crippen LogP contribution in [0.15, 0.2) is 0 Å². The van der Waals surface area contributed by atoms with Crippen LogP contribution < -0.4 is 10.6 Å². The molecule has 0 bridgehead atoms. The average molecular weight is 130 g/mol. The van der Waals surface area contributed by atoms with Crippen molar-refractivity contribution in [2.75, 3.05) is 33.3 Å². The van der Waals surface area contributed by atoms with Crippen molar-refractivity contribution >= 4 is 0 Å². The molecule has 2 N–H and O–H groups in total. The lowest BCUT2D eigenvalue weighted by atomic mass is 10.3. The van der Waals surface area contributed by atoms with Crippen molar-refractivity contribution in [3.8, 4) is 0 Å². The zero-order chi connectivity index (χ0) is 6.53. The Balaban J connectivity index is 2.08. The van der Waals surface area contributed by atoms with Gasteiger partial charge in [-0.2, -0.15) is 0 Å². The lowest BCUT2D eigenvalue weighted by Gasteiger charge is -2.22. The van der Waals surface area contributed by atoms with Crippen LogP contribution in [-0.2, 0) is 4.74 Å². The molecule has 0 radical (unpaired) electrons. The fraction of sp³-hybridized carbons (Fsp3) is 1.00. The number of rotatable bonds is 2. The summed E-state index contributed by atoms with van der Waals surface area (Å²) in [6.45, 7) is 3.79. The first kappa shape index (κ1) is 6.99. The molecule has 0 aliphatic carbocycles. The second-order valence-corrected chi connectivity index (χ2v) is 2.25. The minimum absolute atomic E-state index is 0.378. The van der Waals surface area contributed by atoms with Gasteiger partial charge in [-0.05, 0) is 7.05 Å². The molecule has 54 valence electrons. The van der Waals surface area contributed by atoms with Crippen LogP contribution in [0.1, 0.15) is 0 Å². The lowest BCUT2D eigenvalue weighted by Crippen LogP contribution is -2.43. The van der Waals surface area contributed by atoms with Crippen LogP contribution in [0.3, 0.4) is 0 Å². The highest BCUT2D eigenvalue weighted by Gasteiger charge is 2.10. The molecule has 0 saturated carbocycles. The lowest BCUT2D eigenvalue weighted by molar-refractivity contribution is 0.0304. The summed E-state index contributed by atoms with van der Waals surface area (Å²) < 4.78 is 5.39. The smallest absolute Gasteiger partial charge is 0.0824 e. The third-order valence-electron chi connectivity index (χ3n) is 1.44. The van der Waals surface area contributed by atoms with Crippen molar-refractivity contribution in [2.24, 2.45) is 0 Å². The molecule has 1 fully saturated rings. The second-order valence-electron chi connectivity index (χ2n) is 2.25. The Morgan fingerprint density at radius 2 is 2.67 bits per heavy atom. The van der Waals surface area contributed by atoms with Gasteiger partial charge in [-0.15, -0.1) is 0 Å². The fourth-order valence-corrected chi connectivity index (χ4v) is 0.979. The van der Waals surface area contributed by atoms with Crippen molar-refractivity contribution in [3.05, 3.63) is 0 Å². The van der Waals surface area contributed by atoms with Crippen LogP contribution >= 0.6 is 0 Å². The maximum atomic E-state index is 5.39. The molecular weight excluding hydrogens is 116 g/mol. The Hall–Kier alpha value is -0.120. The van der Waals surface area contributed by atoms with Gasteiger partial charge in [0.1, 0.15) is 0 Å². The van der Waals surface area contributed by atoms with Crippen molar-refractivity contribution < 1.29 is 4.74 Å². The Kier molecular flexibility index (Phi) is 2.97. The van der Waals surface area contributed by atoms with Crippen LogP contribution in [0.4, 0.5) is 0 Å². The molecule has 3 nitrogen and oxygen atoms in total. The minimum Gasteiger partial charge on any atom is -0.374 e. The van der Waals surface area contributed by atoms with Gasteiger partial charge in [0.2, 0.25) is 0 Å². The molecule has 1 atom stereocenters. The highest BCUT2D eigenvalue weighted by atomic mass is 16.5. The zero-order valence-electron chi connectivity index (χ0n) is 5.81. The molecule has 0 spiro atoms. The van der Waals surface area contributed by atoms with E-state index in [1.165, 1.54) is 0 Å². The Morgan fingerprint density at radius 3 is 3.22 bits per heavy atom. The van der Waals surface area contributed by atoms with Crippen LogP contribution in [0.2, 0.25) is 0 Å². The number of ether oxygens (including phenoxy) is 1. The predicted octanol–water partition coefficient (Wildman–Crippen LogP) is -0.806. The highest BCUT2D eigenvalue weighted by Crippen LogP contribution is 1.92. The molecule has 3 heteroatoms. The number of nitrogens with one attached hydrogen (secondary N) is 2. The van der Waals surface area contributed by atoms with Gasteiger partial charge in [0.15, 0.2) is 0 Å². The van der Waals surface area contributed by atoms with E-state index in [4.69, 9.17) is 4.74 Å². The summed E-state index contributed by atoms with van der Waals surface area (Å²) in [5.41, 5.74) is 0. The molecule has 1 saturated heterocycles. The first-order valence-corrected chi connectivity index (χ1v) is 3.40. The third-order valence-corrected chi connectivity index (χ3v) is 1.44. The number of hydrogen-bond donors (Lipinski definition) is 2. The number of likely N-dealkylation sites (N-methyl/N-ethyl adjacent to an activating group) is 1. The summed E-state index contributed by atoms with van der Waals surface area (Å²) in [7, 11) is 1.94. The highest BCUT2D eigenvalue weighted by molar-refractivity contribution is 4.67. The quantitative estimate of drug-likeness (QED) is 0.513. The number of hydrogen-bond acceptors (Lipinski definition) is 3. The first-order valence-electron chi connectivity index (χ1n) is 3.40. The van der Waals surface area contributed by atoms with Gasteiger partial charge in [-0.3, -0.25) is 0 Å². The van der Waals surface area contributed by atoms with E-state index in [9.17, 15) is 0 Å². The van der Waals surface area contributed by atoms with Crippen molar-refractivity contribution in [1.82, 2.24) is 10.6 Å². The summed E-state index contributed by atoms with van der Waals surface area (Å²) in [5, 5.41) is 6.33. The van der Waals surface area contributed by atoms with Crippen molar-refractivity contribution in [3.63, 3.8) is 0 Å². The van der Waals surface area contributed by atoms with E-state index in [0.29, 0.717) is 6.10 Å². The van der Waals surface area contributed by atoms with Crippen LogP contribution in [0.5, 0.6) is 0 Å². The molecule has 1 heterocycles. The largest absolute Gasteiger partial charge is 0.374 e. The number of morpholine rings is 1. The monoisotopic (exact) mass is 130 g/mol. The van der Waals surface area contributed by atoms with Gasteiger partial charge in [0, 0.05) is 19.6 Å². The summed E-state index contributed by atoms with van der Waals surface area (Å²) in [6.07, 6.45) is 0.378. The Bertz CT molecular complexity index is 68.7. The van der Waals surface area contributed by atoms with E-state index in [2.05, 4.69) is 10.6 Å². The van der Waals surface area contributed by atoms with Crippen LogP contribution in [0, 0.1) is 0 Å². The van der Waals surface area contributed by atoms with Gasteiger partial charge in [0.25, 0.3) is 0 Å². The molecule has 0 amide bonds. The molecule has 0 aromatic heterocycles. The second kappa shape index (κ2) is 3.82. The molecule has 0 unspecified atom stereocenters. The maximum absolute atomic E-state index is 5.39.